The Morgan fingerprint density at radius 1 is 1.33 bits per heavy atom. The van der Waals surface area contributed by atoms with Crippen molar-refractivity contribution in [3.05, 3.63) is 35.9 Å². The van der Waals surface area contributed by atoms with Gasteiger partial charge in [-0.15, -0.1) is 0 Å². The van der Waals surface area contributed by atoms with Crippen LogP contribution in [0, 0.1) is 0 Å². The van der Waals surface area contributed by atoms with Gasteiger partial charge in [0.15, 0.2) is 0 Å². The van der Waals surface area contributed by atoms with Gasteiger partial charge in [0.2, 0.25) is 0 Å². The number of methoxy groups -OCH3 is 1. The van der Waals surface area contributed by atoms with Crippen molar-refractivity contribution in [1.82, 2.24) is 10.2 Å². The van der Waals surface area contributed by atoms with Crippen molar-refractivity contribution < 1.29 is 4.74 Å². The second-order valence-corrected chi connectivity index (χ2v) is 5.60. The lowest BCUT2D eigenvalue weighted by molar-refractivity contribution is 0.0398. The smallest absolute Gasteiger partial charge is 0.0589 e. The summed E-state index contributed by atoms with van der Waals surface area (Å²) in [5.74, 6) is 0. The predicted octanol–water partition coefficient (Wildman–Crippen LogP) is 2.06. The number of piperazine rings is 1. The number of ether oxygens (including phenoxy) is 1. The van der Waals surface area contributed by atoms with Crippen LogP contribution >= 0.6 is 0 Å². The van der Waals surface area contributed by atoms with Crippen molar-refractivity contribution in [2.24, 2.45) is 0 Å². The maximum atomic E-state index is 5.22. The molecule has 1 aliphatic heterocycles. The monoisotopic (exact) mass is 248 g/mol. The summed E-state index contributed by atoms with van der Waals surface area (Å²) in [5, 5.41) is 3.65. The Morgan fingerprint density at radius 3 is 2.72 bits per heavy atom. The molecular weight excluding hydrogens is 224 g/mol. The van der Waals surface area contributed by atoms with Crippen LogP contribution in [0.15, 0.2) is 30.3 Å². The third kappa shape index (κ3) is 3.10. The van der Waals surface area contributed by atoms with E-state index in [1.165, 1.54) is 5.56 Å². The molecule has 0 bridgehead atoms. The summed E-state index contributed by atoms with van der Waals surface area (Å²) in [4.78, 5) is 2.52. The molecule has 3 nitrogen and oxygen atoms in total. The second-order valence-electron chi connectivity index (χ2n) is 5.60. The van der Waals surface area contributed by atoms with Crippen LogP contribution in [0.4, 0.5) is 0 Å². The number of hydrogen-bond acceptors (Lipinski definition) is 3. The molecule has 0 spiro atoms. The lowest BCUT2D eigenvalue weighted by Gasteiger charge is -2.46. The summed E-state index contributed by atoms with van der Waals surface area (Å²) < 4.78 is 5.22. The van der Waals surface area contributed by atoms with Crippen LogP contribution in [0.2, 0.25) is 0 Å². The van der Waals surface area contributed by atoms with Gasteiger partial charge in [-0.05, 0) is 19.4 Å². The van der Waals surface area contributed by atoms with Crippen LogP contribution in [0.3, 0.4) is 0 Å². The van der Waals surface area contributed by atoms with E-state index in [0.717, 1.165) is 26.2 Å². The van der Waals surface area contributed by atoms with E-state index in [0.29, 0.717) is 6.04 Å². The molecule has 0 aliphatic carbocycles. The molecule has 1 heterocycles. The van der Waals surface area contributed by atoms with E-state index in [1.54, 1.807) is 7.11 Å². The van der Waals surface area contributed by atoms with Crippen LogP contribution in [0.25, 0.3) is 0 Å². The second kappa shape index (κ2) is 5.83. The Labute approximate surface area is 110 Å². The van der Waals surface area contributed by atoms with E-state index in [2.05, 4.69) is 54.4 Å². The maximum absolute atomic E-state index is 5.22. The van der Waals surface area contributed by atoms with Gasteiger partial charge in [-0.1, -0.05) is 30.3 Å². The Hall–Kier alpha value is -0.900. The first-order valence-electron chi connectivity index (χ1n) is 6.66. The molecule has 1 aromatic carbocycles. The summed E-state index contributed by atoms with van der Waals surface area (Å²) in [5.41, 5.74) is 1.57. The SMILES string of the molecule is COCCN1CC(c2ccccc2)NCC1(C)C. The fourth-order valence-electron chi connectivity index (χ4n) is 2.52. The molecule has 1 atom stereocenters. The van der Waals surface area contributed by atoms with Crippen molar-refractivity contribution in [2.75, 3.05) is 33.4 Å². The molecule has 1 unspecified atom stereocenters. The van der Waals surface area contributed by atoms with E-state index >= 15 is 0 Å². The molecule has 2 rings (SSSR count). The molecule has 1 aromatic rings. The zero-order chi connectivity index (χ0) is 13.0. The van der Waals surface area contributed by atoms with Crippen LogP contribution in [0.1, 0.15) is 25.5 Å². The minimum atomic E-state index is 0.198. The molecule has 100 valence electrons. The van der Waals surface area contributed by atoms with Crippen molar-refractivity contribution in [3.8, 4) is 0 Å². The van der Waals surface area contributed by atoms with Gasteiger partial charge in [0, 0.05) is 38.3 Å². The zero-order valence-corrected chi connectivity index (χ0v) is 11.6. The van der Waals surface area contributed by atoms with Gasteiger partial charge in [0.1, 0.15) is 0 Å². The molecule has 1 saturated heterocycles. The molecule has 0 saturated carbocycles. The maximum Gasteiger partial charge on any atom is 0.0589 e. The predicted molar refractivity (Wildman–Crippen MR) is 74.7 cm³/mol. The molecule has 18 heavy (non-hydrogen) atoms. The van der Waals surface area contributed by atoms with Crippen LogP contribution in [0.5, 0.6) is 0 Å². The molecule has 0 aromatic heterocycles. The number of rotatable bonds is 4. The van der Waals surface area contributed by atoms with Crippen LogP contribution < -0.4 is 5.32 Å². The van der Waals surface area contributed by atoms with E-state index in [4.69, 9.17) is 4.74 Å². The fraction of sp³-hybridized carbons (Fsp3) is 0.600. The summed E-state index contributed by atoms with van der Waals surface area (Å²) in [6, 6.07) is 11.1. The van der Waals surface area contributed by atoms with E-state index in [1.807, 2.05) is 0 Å². The highest BCUT2D eigenvalue weighted by atomic mass is 16.5. The highest BCUT2D eigenvalue weighted by Gasteiger charge is 2.33. The first kappa shape index (κ1) is 13.5. The lowest BCUT2D eigenvalue weighted by Crippen LogP contribution is -2.59. The number of benzene rings is 1. The van der Waals surface area contributed by atoms with Gasteiger partial charge in [-0.25, -0.2) is 0 Å². The Kier molecular flexibility index (Phi) is 4.38. The van der Waals surface area contributed by atoms with Crippen molar-refractivity contribution >= 4 is 0 Å². The minimum Gasteiger partial charge on any atom is -0.383 e. The van der Waals surface area contributed by atoms with Crippen LogP contribution in [-0.4, -0.2) is 43.8 Å². The highest BCUT2D eigenvalue weighted by molar-refractivity contribution is 5.20. The molecule has 1 aliphatic rings. The van der Waals surface area contributed by atoms with Gasteiger partial charge < -0.3 is 10.1 Å². The third-order valence-corrected chi connectivity index (χ3v) is 3.81. The van der Waals surface area contributed by atoms with Gasteiger partial charge >= 0.3 is 0 Å². The summed E-state index contributed by atoms with van der Waals surface area (Å²) in [7, 11) is 1.77. The number of nitrogens with zero attached hydrogens (tertiary/aromatic N) is 1. The third-order valence-electron chi connectivity index (χ3n) is 3.81. The molecule has 0 amide bonds. The van der Waals surface area contributed by atoms with E-state index < -0.39 is 0 Å². The van der Waals surface area contributed by atoms with Crippen molar-refractivity contribution in [1.29, 1.82) is 0 Å². The van der Waals surface area contributed by atoms with Crippen molar-refractivity contribution in [3.63, 3.8) is 0 Å². The molecular formula is C15H24N2O. The first-order chi connectivity index (χ1) is 8.63. The Bertz CT molecular complexity index is 364. The van der Waals surface area contributed by atoms with Gasteiger partial charge in [-0.3, -0.25) is 4.90 Å². The lowest BCUT2D eigenvalue weighted by atomic mass is 9.94. The largest absolute Gasteiger partial charge is 0.383 e. The van der Waals surface area contributed by atoms with Gasteiger partial charge in [-0.2, -0.15) is 0 Å². The zero-order valence-electron chi connectivity index (χ0n) is 11.6. The summed E-state index contributed by atoms with van der Waals surface area (Å²) >= 11 is 0. The standard InChI is InChI=1S/C15H24N2O/c1-15(2)12-16-14(11-17(15)9-10-18-3)13-7-5-4-6-8-13/h4-8,14,16H,9-12H2,1-3H3. The Morgan fingerprint density at radius 2 is 2.06 bits per heavy atom. The quantitative estimate of drug-likeness (QED) is 0.882. The average molecular weight is 248 g/mol. The normalized spacial score (nSPS) is 24.1. The molecule has 1 N–H and O–H groups in total. The highest BCUT2D eigenvalue weighted by Crippen LogP contribution is 2.25. The fourth-order valence-corrected chi connectivity index (χ4v) is 2.52. The average Bonchev–Trinajstić information content (AvgIpc) is 2.38. The summed E-state index contributed by atoms with van der Waals surface area (Å²) in [6.45, 7) is 8.42. The van der Waals surface area contributed by atoms with Gasteiger partial charge in [0.05, 0.1) is 6.61 Å². The Balaban J connectivity index is 2.05. The molecule has 1 fully saturated rings. The number of nitrogens with one attached hydrogen (secondary N) is 1. The van der Waals surface area contributed by atoms with Crippen molar-refractivity contribution in [2.45, 2.75) is 25.4 Å². The minimum absolute atomic E-state index is 0.198. The summed E-state index contributed by atoms with van der Waals surface area (Å²) in [6.07, 6.45) is 0. The molecule has 0 radical (unpaired) electrons. The number of hydrogen-bond donors (Lipinski definition) is 1. The first-order valence-corrected chi connectivity index (χ1v) is 6.66. The van der Waals surface area contributed by atoms with E-state index in [-0.39, 0.29) is 5.54 Å². The van der Waals surface area contributed by atoms with Gasteiger partial charge in [0.25, 0.3) is 0 Å². The molecule has 3 heteroatoms. The van der Waals surface area contributed by atoms with Crippen LogP contribution in [-0.2, 0) is 4.74 Å². The topological polar surface area (TPSA) is 24.5 Å². The van der Waals surface area contributed by atoms with E-state index in [9.17, 15) is 0 Å².